The van der Waals surface area contributed by atoms with Gasteiger partial charge >= 0.3 is 0 Å². The molecule has 1 fully saturated rings. The Bertz CT molecular complexity index is 296. The van der Waals surface area contributed by atoms with Gasteiger partial charge in [-0.3, -0.25) is 0 Å². The number of nitrogens with zero attached hydrogens (tertiary/aromatic N) is 1. The van der Waals surface area contributed by atoms with Crippen LogP contribution < -0.4 is 0 Å². The Hall–Kier alpha value is -0.450. The van der Waals surface area contributed by atoms with Crippen LogP contribution in [0.4, 0.5) is 0 Å². The summed E-state index contributed by atoms with van der Waals surface area (Å²) in [4.78, 5) is 4.50. The maximum absolute atomic E-state index is 5.46. The van der Waals surface area contributed by atoms with Gasteiger partial charge in [-0.15, -0.1) is 11.3 Å². The summed E-state index contributed by atoms with van der Waals surface area (Å²) in [5.74, 6) is 0.696. The van der Waals surface area contributed by atoms with Gasteiger partial charge in [-0.25, -0.2) is 4.98 Å². The normalized spacial score (nSPS) is 18.4. The van der Waals surface area contributed by atoms with Crippen molar-refractivity contribution >= 4 is 11.3 Å². The highest BCUT2D eigenvalue weighted by molar-refractivity contribution is 7.09. The summed E-state index contributed by atoms with van der Waals surface area (Å²) in [6.07, 6.45) is 2.76. The van der Waals surface area contributed by atoms with E-state index < -0.39 is 0 Å². The second kappa shape index (κ2) is 4.38. The molecule has 2 rings (SSSR count). The molecule has 0 radical (unpaired) electrons. The average molecular weight is 213 g/mol. The van der Waals surface area contributed by atoms with Crippen LogP contribution in [0.25, 0.3) is 0 Å². The van der Waals surface area contributed by atoms with Crippen molar-refractivity contribution in [1.29, 1.82) is 0 Å². The first-order valence-electron chi connectivity index (χ1n) is 4.81. The molecule has 1 unspecified atom stereocenters. The molecule has 1 aromatic heterocycles. The zero-order chi connectivity index (χ0) is 9.97. The molecule has 0 saturated heterocycles. The highest BCUT2D eigenvalue weighted by Crippen LogP contribution is 2.43. The number of methoxy groups -OCH3 is 2. The van der Waals surface area contributed by atoms with Crippen LogP contribution in [0.1, 0.15) is 29.6 Å². The van der Waals surface area contributed by atoms with E-state index in [1.54, 1.807) is 25.6 Å². The van der Waals surface area contributed by atoms with E-state index in [1.165, 1.54) is 12.8 Å². The van der Waals surface area contributed by atoms with Gasteiger partial charge in [0, 0.05) is 19.6 Å². The van der Waals surface area contributed by atoms with Crippen LogP contribution in [-0.4, -0.2) is 19.2 Å². The molecule has 14 heavy (non-hydrogen) atoms. The van der Waals surface area contributed by atoms with Gasteiger partial charge in [0.2, 0.25) is 0 Å². The summed E-state index contributed by atoms with van der Waals surface area (Å²) < 4.78 is 10.5. The molecule has 0 bridgehead atoms. The third kappa shape index (κ3) is 2.13. The Morgan fingerprint density at radius 2 is 2.36 bits per heavy atom. The second-order valence-electron chi connectivity index (χ2n) is 3.60. The van der Waals surface area contributed by atoms with Crippen LogP contribution >= 0.6 is 11.3 Å². The number of hydrogen-bond donors (Lipinski definition) is 0. The fourth-order valence-electron chi connectivity index (χ4n) is 1.56. The monoisotopic (exact) mass is 213 g/mol. The molecular weight excluding hydrogens is 198 g/mol. The van der Waals surface area contributed by atoms with Gasteiger partial charge < -0.3 is 9.47 Å². The highest BCUT2D eigenvalue weighted by atomic mass is 32.1. The fraction of sp³-hybridized carbons (Fsp3) is 0.700. The summed E-state index contributed by atoms with van der Waals surface area (Å²) >= 11 is 1.67. The molecule has 3 nitrogen and oxygen atoms in total. The fourth-order valence-corrected chi connectivity index (χ4v) is 2.53. The van der Waals surface area contributed by atoms with E-state index in [2.05, 4.69) is 4.98 Å². The molecule has 4 heteroatoms. The molecular formula is C10H15NO2S. The summed E-state index contributed by atoms with van der Waals surface area (Å²) in [6.45, 7) is 0.595. The minimum absolute atomic E-state index is 0.214. The lowest BCUT2D eigenvalue weighted by Gasteiger charge is -2.10. The van der Waals surface area contributed by atoms with Crippen molar-refractivity contribution < 1.29 is 9.47 Å². The van der Waals surface area contributed by atoms with Gasteiger partial charge in [0.25, 0.3) is 0 Å². The van der Waals surface area contributed by atoms with Gasteiger partial charge in [-0.1, -0.05) is 0 Å². The summed E-state index contributed by atoms with van der Waals surface area (Å²) in [5.41, 5.74) is 1.01. The van der Waals surface area contributed by atoms with Gasteiger partial charge in [0.1, 0.15) is 11.1 Å². The van der Waals surface area contributed by atoms with E-state index in [-0.39, 0.29) is 6.10 Å². The van der Waals surface area contributed by atoms with E-state index in [1.807, 2.05) is 5.38 Å². The topological polar surface area (TPSA) is 31.4 Å². The van der Waals surface area contributed by atoms with Gasteiger partial charge in [-0.05, 0) is 18.8 Å². The summed E-state index contributed by atoms with van der Waals surface area (Å²) in [6, 6.07) is 0. The van der Waals surface area contributed by atoms with Crippen LogP contribution in [0, 0.1) is 5.92 Å². The van der Waals surface area contributed by atoms with Crippen LogP contribution in [0.3, 0.4) is 0 Å². The predicted octanol–water partition coefficient (Wildman–Crippen LogP) is 2.39. The number of rotatable bonds is 5. The first kappa shape index (κ1) is 10.1. The third-order valence-electron chi connectivity index (χ3n) is 2.41. The first-order chi connectivity index (χ1) is 6.85. The van der Waals surface area contributed by atoms with E-state index >= 15 is 0 Å². The number of aromatic nitrogens is 1. The molecule has 0 N–H and O–H groups in total. The lowest BCUT2D eigenvalue weighted by atomic mass is 10.2. The van der Waals surface area contributed by atoms with Crippen LogP contribution in [-0.2, 0) is 16.1 Å². The van der Waals surface area contributed by atoms with E-state index in [0.29, 0.717) is 12.5 Å². The van der Waals surface area contributed by atoms with Crippen molar-refractivity contribution in [1.82, 2.24) is 4.98 Å². The van der Waals surface area contributed by atoms with Crippen molar-refractivity contribution in [3.8, 4) is 0 Å². The number of thiazole rings is 1. The lowest BCUT2D eigenvalue weighted by molar-refractivity contribution is 0.0839. The van der Waals surface area contributed by atoms with E-state index in [9.17, 15) is 0 Å². The lowest BCUT2D eigenvalue weighted by Crippen LogP contribution is -2.03. The number of hydrogen-bond acceptors (Lipinski definition) is 4. The Kier molecular flexibility index (Phi) is 3.15. The zero-order valence-corrected chi connectivity index (χ0v) is 9.34. The standard InChI is InChI=1S/C10H15NO2S/c1-12-5-8-6-14-10(11-8)9(13-2)7-3-4-7/h6-7,9H,3-5H2,1-2H3. The minimum atomic E-state index is 0.214. The second-order valence-corrected chi connectivity index (χ2v) is 4.49. The molecule has 1 aliphatic carbocycles. The number of ether oxygens (including phenoxy) is 2. The molecule has 1 aromatic rings. The largest absolute Gasteiger partial charge is 0.378 e. The SMILES string of the molecule is COCc1csc(C(OC)C2CC2)n1. The maximum atomic E-state index is 5.46. The molecule has 1 heterocycles. The highest BCUT2D eigenvalue weighted by Gasteiger charge is 2.34. The Labute approximate surface area is 88.1 Å². The maximum Gasteiger partial charge on any atom is 0.122 e. The molecule has 1 saturated carbocycles. The van der Waals surface area contributed by atoms with Crippen molar-refractivity contribution in [2.75, 3.05) is 14.2 Å². The Morgan fingerprint density at radius 3 is 2.93 bits per heavy atom. The molecule has 0 amide bonds. The third-order valence-corrected chi connectivity index (χ3v) is 3.36. The van der Waals surface area contributed by atoms with Gasteiger partial charge in [0.05, 0.1) is 12.3 Å². The molecule has 1 atom stereocenters. The summed E-state index contributed by atoms with van der Waals surface area (Å²) in [7, 11) is 3.45. The van der Waals surface area contributed by atoms with E-state index in [4.69, 9.17) is 9.47 Å². The van der Waals surface area contributed by atoms with Crippen LogP contribution in [0.2, 0.25) is 0 Å². The van der Waals surface area contributed by atoms with Crippen LogP contribution in [0.5, 0.6) is 0 Å². The molecule has 0 aliphatic heterocycles. The van der Waals surface area contributed by atoms with Gasteiger partial charge in [-0.2, -0.15) is 0 Å². The zero-order valence-electron chi connectivity index (χ0n) is 8.53. The smallest absolute Gasteiger partial charge is 0.122 e. The van der Waals surface area contributed by atoms with Crippen molar-refractivity contribution in [3.63, 3.8) is 0 Å². The molecule has 0 aromatic carbocycles. The van der Waals surface area contributed by atoms with Crippen LogP contribution in [0.15, 0.2) is 5.38 Å². The van der Waals surface area contributed by atoms with Crippen molar-refractivity contribution in [2.24, 2.45) is 5.92 Å². The van der Waals surface area contributed by atoms with Crippen molar-refractivity contribution in [2.45, 2.75) is 25.6 Å². The Morgan fingerprint density at radius 1 is 1.57 bits per heavy atom. The van der Waals surface area contributed by atoms with Crippen molar-refractivity contribution in [3.05, 3.63) is 16.1 Å². The summed E-state index contributed by atoms with van der Waals surface area (Å²) in [5, 5.41) is 3.15. The molecule has 0 spiro atoms. The van der Waals surface area contributed by atoms with E-state index in [0.717, 1.165) is 10.7 Å². The Balaban J connectivity index is 2.05. The quantitative estimate of drug-likeness (QED) is 0.752. The average Bonchev–Trinajstić information content (AvgIpc) is 2.90. The molecule has 78 valence electrons. The first-order valence-corrected chi connectivity index (χ1v) is 5.69. The van der Waals surface area contributed by atoms with Gasteiger partial charge in [0.15, 0.2) is 0 Å². The molecule has 1 aliphatic rings. The predicted molar refractivity (Wildman–Crippen MR) is 55.3 cm³/mol. The minimum Gasteiger partial charge on any atom is -0.378 e.